The molecule has 0 radical (unpaired) electrons. The fourth-order valence-corrected chi connectivity index (χ4v) is 5.15. The molecule has 1 saturated heterocycles. The number of piperidine rings is 1. The zero-order valence-corrected chi connectivity index (χ0v) is 18.1. The van der Waals surface area contributed by atoms with E-state index >= 15 is 0 Å². The van der Waals surface area contributed by atoms with Gasteiger partial charge >= 0.3 is 0 Å². The molecule has 2 aromatic heterocycles. The van der Waals surface area contributed by atoms with Crippen molar-refractivity contribution in [2.24, 2.45) is 0 Å². The van der Waals surface area contributed by atoms with Crippen LogP contribution in [0, 0.1) is 12.7 Å². The lowest BCUT2D eigenvalue weighted by Gasteiger charge is -2.31. The van der Waals surface area contributed by atoms with E-state index in [-0.39, 0.29) is 11.4 Å². The van der Waals surface area contributed by atoms with E-state index in [9.17, 15) is 9.18 Å². The maximum Gasteiger partial charge on any atom is 0.256 e. The van der Waals surface area contributed by atoms with Crippen LogP contribution >= 0.6 is 0 Å². The molecule has 1 fully saturated rings. The Morgan fingerprint density at radius 2 is 2.03 bits per heavy atom. The minimum atomic E-state index is -0.297. The number of likely N-dealkylation sites (tertiary alicyclic amines) is 1. The van der Waals surface area contributed by atoms with Crippen LogP contribution in [-0.2, 0) is 19.4 Å². The number of fused-ring (bicyclic) bond motifs is 2. The van der Waals surface area contributed by atoms with Crippen LogP contribution in [0.3, 0.4) is 0 Å². The Hall–Kier alpha value is -2.54. The van der Waals surface area contributed by atoms with E-state index in [1.807, 2.05) is 11.5 Å². The van der Waals surface area contributed by atoms with Crippen LogP contribution in [0.2, 0.25) is 0 Å². The van der Waals surface area contributed by atoms with Crippen LogP contribution in [0.15, 0.2) is 27.5 Å². The van der Waals surface area contributed by atoms with Crippen LogP contribution in [0.4, 0.5) is 4.39 Å². The lowest BCUT2D eigenvalue weighted by Crippen LogP contribution is -2.35. The minimum absolute atomic E-state index is 0.176. The monoisotopic (exact) mass is 424 g/mol. The summed E-state index contributed by atoms with van der Waals surface area (Å²) in [6.07, 6.45) is 6.90. The first-order chi connectivity index (χ1) is 15.1. The molecule has 0 atom stereocenters. The highest BCUT2D eigenvalue weighted by Gasteiger charge is 2.25. The summed E-state index contributed by atoms with van der Waals surface area (Å²) < 4.78 is 20.6. The molecule has 164 valence electrons. The SMILES string of the molecule is Cc1nc2n(c(=O)c1CCCN1CCC(c3noc4cc(F)ccc34)CC1)CCCC2. The van der Waals surface area contributed by atoms with Crippen LogP contribution < -0.4 is 5.56 Å². The zero-order chi connectivity index (χ0) is 21.4. The number of hydrogen-bond donors (Lipinski definition) is 0. The lowest BCUT2D eigenvalue weighted by molar-refractivity contribution is 0.207. The first kappa shape index (κ1) is 20.4. The Kier molecular flexibility index (Phi) is 5.61. The molecule has 0 N–H and O–H groups in total. The smallest absolute Gasteiger partial charge is 0.256 e. The van der Waals surface area contributed by atoms with Gasteiger partial charge in [-0.05, 0) is 77.2 Å². The average molecular weight is 425 g/mol. The van der Waals surface area contributed by atoms with Crippen molar-refractivity contribution in [3.05, 3.63) is 57.1 Å². The summed E-state index contributed by atoms with van der Waals surface area (Å²) in [5.41, 5.74) is 3.46. The van der Waals surface area contributed by atoms with E-state index in [4.69, 9.17) is 9.51 Å². The second-order valence-corrected chi connectivity index (χ2v) is 8.93. The molecule has 0 aliphatic carbocycles. The average Bonchev–Trinajstić information content (AvgIpc) is 3.19. The third-order valence-corrected chi connectivity index (χ3v) is 6.92. The van der Waals surface area contributed by atoms with Crippen molar-refractivity contribution in [3.8, 4) is 0 Å². The van der Waals surface area contributed by atoms with E-state index in [0.717, 1.165) is 99.3 Å². The predicted molar refractivity (Wildman–Crippen MR) is 117 cm³/mol. The van der Waals surface area contributed by atoms with Crippen LogP contribution in [0.25, 0.3) is 11.0 Å². The molecule has 0 bridgehead atoms. The lowest BCUT2D eigenvalue weighted by atomic mass is 9.91. The van der Waals surface area contributed by atoms with Crippen molar-refractivity contribution in [1.29, 1.82) is 0 Å². The van der Waals surface area contributed by atoms with Crippen molar-refractivity contribution in [2.75, 3.05) is 19.6 Å². The Balaban J connectivity index is 1.17. The van der Waals surface area contributed by atoms with Gasteiger partial charge in [0.05, 0.1) is 5.69 Å². The Morgan fingerprint density at radius 1 is 1.19 bits per heavy atom. The van der Waals surface area contributed by atoms with E-state index in [0.29, 0.717) is 11.5 Å². The molecule has 7 heteroatoms. The second kappa shape index (κ2) is 8.54. The van der Waals surface area contributed by atoms with Gasteiger partial charge in [-0.1, -0.05) is 5.16 Å². The fourth-order valence-electron chi connectivity index (χ4n) is 5.15. The van der Waals surface area contributed by atoms with Crippen LogP contribution in [0.5, 0.6) is 0 Å². The molecule has 3 aromatic rings. The number of benzene rings is 1. The minimum Gasteiger partial charge on any atom is -0.356 e. The summed E-state index contributed by atoms with van der Waals surface area (Å²) in [5.74, 6) is 1.01. The maximum absolute atomic E-state index is 13.4. The summed E-state index contributed by atoms with van der Waals surface area (Å²) >= 11 is 0. The van der Waals surface area contributed by atoms with Crippen molar-refractivity contribution in [3.63, 3.8) is 0 Å². The molecule has 6 nitrogen and oxygen atoms in total. The molecule has 2 aliphatic rings. The largest absolute Gasteiger partial charge is 0.356 e. The van der Waals surface area contributed by atoms with Gasteiger partial charge in [-0.25, -0.2) is 9.37 Å². The zero-order valence-electron chi connectivity index (χ0n) is 18.1. The third kappa shape index (κ3) is 4.03. The standard InChI is InChI=1S/C24H29FN4O2/c1-16-19(24(30)29-12-3-2-6-22(29)26-16)5-4-11-28-13-9-17(10-14-28)23-20-8-7-18(25)15-21(20)31-27-23/h7-8,15,17H,2-6,9-14H2,1H3. The molecule has 0 amide bonds. The summed E-state index contributed by atoms with van der Waals surface area (Å²) in [4.78, 5) is 20.1. The quantitative estimate of drug-likeness (QED) is 0.620. The number of aryl methyl sites for hydroxylation is 2. The molecule has 0 unspecified atom stereocenters. The van der Waals surface area contributed by atoms with Crippen molar-refractivity contribution in [2.45, 2.75) is 64.3 Å². The number of hydrogen-bond acceptors (Lipinski definition) is 5. The van der Waals surface area contributed by atoms with Crippen molar-refractivity contribution < 1.29 is 8.91 Å². The third-order valence-electron chi connectivity index (χ3n) is 6.92. The molecule has 0 saturated carbocycles. The normalized spacial score (nSPS) is 17.9. The van der Waals surface area contributed by atoms with Gasteiger partial charge in [-0.2, -0.15) is 0 Å². The number of nitrogens with zero attached hydrogens (tertiary/aromatic N) is 4. The summed E-state index contributed by atoms with van der Waals surface area (Å²) in [7, 11) is 0. The molecule has 2 aliphatic heterocycles. The maximum atomic E-state index is 13.4. The number of rotatable bonds is 5. The van der Waals surface area contributed by atoms with E-state index < -0.39 is 0 Å². The van der Waals surface area contributed by atoms with Gasteiger partial charge in [-0.15, -0.1) is 0 Å². The van der Waals surface area contributed by atoms with Crippen LogP contribution in [0.1, 0.15) is 60.8 Å². The molecular weight excluding hydrogens is 395 g/mol. The predicted octanol–water partition coefficient (Wildman–Crippen LogP) is 3.98. The molecule has 5 rings (SSSR count). The van der Waals surface area contributed by atoms with Gasteiger partial charge in [0.25, 0.3) is 5.56 Å². The highest BCUT2D eigenvalue weighted by Crippen LogP contribution is 2.32. The first-order valence-electron chi connectivity index (χ1n) is 11.5. The highest BCUT2D eigenvalue weighted by atomic mass is 19.1. The molecule has 4 heterocycles. The Morgan fingerprint density at radius 3 is 2.87 bits per heavy atom. The second-order valence-electron chi connectivity index (χ2n) is 8.93. The number of aromatic nitrogens is 3. The molecular formula is C24H29FN4O2. The van der Waals surface area contributed by atoms with E-state index in [1.165, 1.54) is 12.1 Å². The molecule has 31 heavy (non-hydrogen) atoms. The van der Waals surface area contributed by atoms with E-state index in [2.05, 4.69) is 10.1 Å². The molecule has 0 spiro atoms. The van der Waals surface area contributed by atoms with Gasteiger partial charge in [0.1, 0.15) is 11.6 Å². The summed E-state index contributed by atoms with van der Waals surface area (Å²) in [5, 5.41) is 5.16. The Bertz CT molecular complexity index is 1140. The van der Waals surface area contributed by atoms with Gasteiger partial charge in [-0.3, -0.25) is 9.36 Å². The summed E-state index contributed by atoms with van der Waals surface area (Å²) in [6, 6.07) is 4.65. The first-order valence-corrected chi connectivity index (χ1v) is 11.5. The van der Waals surface area contributed by atoms with Crippen molar-refractivity contribution >= 4 is 11.0 Å². The number of halogens is 1. The van der Waals surface area contributed by atoms with Gasteiger partial charge < -0.3 is 9.42 Å². The van der Waals surface area contributed by atoms with Crippen molar-refractivity contribution in [1.82, 2.24) is 19.6 Å². The van der Waals surface area contributed by atoms with Gasteiger partial charge in [0.15, 0.2) is 5.58 Å². The van der Waals surface area contributed by atoms with E-state index in [1.54, 1.807) is 6.07 Å². The van der Waals surface area contributed by atoms with Gasteiger partial charge in [0.2, 0.25) is 0 Å². The van der Waals surface area contributed by atoms with Crippen LogP contribution in [-0.4, -0.2) is 39.2 Å². The summed E-state index contributed by atoms with van der Waals surface area (Å²) in [6.45, 7) is 5.77. The Labute approximate surface area is 181 Å². The molecule has 1 aromatic carbocycles. The topological polar surface area (TPSA) is 64.2 Å². The fraction of sp³-hybridized carbons (Fsp3) is 0.542. The highest BCUT2D eigenvalue weighted by molar-refractivity contribution is 5.79. The van der Waals surface area contributed by atoms with Gasteiger partial charge in [0, 0.05) is 41.6 Å².